The highest BCUT2D eigenvalue weighted by Gasteiger charge is 2.45. The van der Waals surface area contributed by atoms with Crippen LogP contribution in [0.25, 0.3) is 0 Å². The molecule has 3 fully saturated rings. The third-order valence-electron chi connectivity index (χ3n) is 6.87. The number of epoxide rings is 2. The van der Waals surface area contributed by atoms with Gasteiger partial charge in [-0.15, -0.1) is 0 Å². The van der Waals surface area contributed by atoms with Crippen molar-refractivity contribution in [1.29, 1.82) is 0 Å². The topological polar surface area (TPSA) is 43.5 Å². The minimum atomic E-state index is -0.00255. The van der Waals surface area contributed by atoms with E-state index in [1.54, 1.807) is 0 Å². The smallest absolute Gasteiger partial charge is 0.119 e. The highest BCUT2D eigenvalue weighted by molar-refractivity contribution is 5.44. The maximum Gasteiger partial charge on any atom is 0.119 e. The predicted octanol–water partition coefficient (Wildman–Crippen LogP) is 5.37. The highest BCUT2D eigenvalue weighted by atomic mass is 16.6. The van der Waals surface area contributed by atoms with Crippen molar-refractivity contribution in [3.63, 3.8) is 0 Å². The van der Waals surface area contributed by atoms with E-state index in [0.29, 0.717) is 19.1 Å². The summed E-state index contributed by atoms with van der Waals surface area (Å²) in [7, 11) is 0. The second-order valence-electron chi connectivity index (χ2n) is 10.5. The number of benzene rings is 2. The Morgan fingerprint density at radius 2 is 1.23 bits per heavy atom. The van der Waals surface area contributed by atoms with Gasteiger partial charge in [0, 0.05) is 5.41 Å². The molecule has 0 spiro atoms. The first kappa shape index (κ1) is 20.8. The third kappa shape index (κ3) is 4.91. The van der Waals surface area contributed by atoms with Crippen molar-refractivity contribution in [3.05, 3.63) is 59.7 Å². The molecule has 0 amide bonds. The van der Waals surface area contributed by atoms with Crippen molar-refractivity contribution in [2.24, 2.45) is 11.3 Å². The van der Waals surface area contributed by atoms with Crippen molar-refractivity contribution in [1.82, 2.24) is 0 Å². The molecule has 1 saturated carbocycles. The maximum atomic E-state index is 5.89. The zero-order chi connectivity index (χ0) is 21.5. The first-order valence-electron chi connectivity index (χ1n) is 11.6. The van der Waals surface area contributed by atoms with Crippen LogP contribution in [0, 0.1) is 11.3 Å². The van der Waals surface area contributed by atoms with Gasteiger partial charge in [-0.1, -0.05) is 45.0 Å². The van der Waals surface area contributed by atoms with Crippen molar-refractivity contribution >= 4 is 0 Å². The van der Waals surface area contributed by atoms with E-state index in [0.717, 1.165) is 37.6 Å². The van der Waals surface area contributed by atoms with Crippen LogP contribution in [0.2, 0.25) is 0 Å². The molecule has 1 aliphatic carbocycles. The van der Waals surface area contributed by atoms with Gasteiger partial charge in [0.25, 0.3) is 0 Å². The third-order valence-corrected chi connectivity index (χ3v) is 6.87. The van der Waals surface area contributed by atoms with Gasteiger partial charge in [0.2, 0.25) is 0 Å². The Kier molecular flexibility index (Phi) is 5.47. The Labute approximate surface area is 185 Å². The van der Waals surface area contributed by atoms with Gasteiger partial charge in [0.1, 0.15) is 36.9 Å². The number of rotatable bonds is 8. The van der Waals surface area contributed by atoms with Gasteiger partial charge in [-0.3, -0.25) is 0 Å². The molecule has 2 aliphatic heterocycles. The van der Waals surface area contributed by atoms with E-state index in [1.807, 2.05) is 0 Å². The zero-order valence-electron chi connectivity index (χ0n) is 18.9. The molecule has 3 unspecified atom stereocenters. The molecule has 31 heavy (non-hydrogen) atoms. The van der Waals surface area contributed by atoms with Crippen LogP contribution < -0.4 is 9.47 Å². The zero-order valence-corrected chi connectivity index (χ0v) is 18.9. The normalized spacial score (nSPS) is 31.1. The van der Waals surface area contributed by atoms with Gasteiger partial charge in [0.15, 0.2) is 0 Å². The van der Waals surface area contributed by atoms with Crippen molar-refractivity contribution in [2.45, 2.75) is 57.7 Å². The molecule has 4 nitrogen and oxygen atoms in total. The summed E-state index contributed by atoms with van der Waals surface area (Å²) in [6.45, 7) is 10.2. The molecule has 166 valence electrons. The van der Waals surface area contributed by atoms with Gasteiger partial charge < -0.3 is 18.9 Å². The molecule has 2 aromatic carbocycles. The predicted molar refractivity (Wildman–Crippen MR) is 121 cm³/mol. The summed E-state index contributed by atoms with van der Waals surface area (Å²) in [5, 5.41) is 0. The summed E-state index contributed by atoms with van der Waals surface area (Å²) in [6.07, 6.45) is 4.11. The van der Waals surface area contributed by atoms with E-state index in [9.17, 15) is 0 Å². The lowest BCUT2D eigenvalue weighted by Crippen LogP contribution is -2.41. The lowest BCUT2D eigenvalue weighted by atomic mass is 9.55. The standard InChI is InChI=1S/C27H34O4/c1-19-12-26(2,3)18-27(13-19,20-4-8-22(9-5-20)28-14-24-16-30-24)21-6-10-23(11-7-21)29-15-25-17-31-25/h4-11,19,24-25H,12-18H2,1-3H3. The minimum absolute atomic E-state index is 0.00255. The lowest BCUT2D eigenvalue weighted by molar-refractivity contribution is 0.126. The average Bonchev–Trinajstić information content (AvgIpc) is 3.65. The summed E-state index contributed by atoms with van der Waals surface area (Å²) in [5.41, 5.74) is 3.04. The molecular weight excluding hydrogens is 388 g/mol. The Bertz CT molecular complexity index is 819. The van der Waals surface area contributed by atoms with Crippen LogP contribution in [-0.4, -0.2) is 38.6 Å². The van der Waals surface area contributed by atoms with E-state index < -0.39 is 0 Å². The van der Waals surface area contributed by atoms with E-state index in [-0.39, 0.29) is 23.0 Å². The van der Waals surface area contributed by atoms with Gasteiger partial charge in [-0.05, 0) is 66.0 Å². The van der Waals surface area contributed by atoms with Crippen molar-refractivity contribution in [2.75, 3.05) is 26.4 Å². The number of ether oxygens (including phenoxy) is 4. The van der Waals surface area contributed by atoms with Gasteiger partial charge in [0.05, 0.1) is 13.2 Å². The van der Waals surface area contributed by atoms with Crippen LogP contribution in [-0.2, 0) is 14.9 Å². The second kappa shape index (κ2) is 8.14. The fourth-order valence-corrected chi connectivity index (χ4v) is 5.63. The van der Waals surface area contributed by atoms with Crippen molar-refractivity contribution in [3.8, 4) is 11.5 Å². The lowest BCUT2D eigenvalue weighted by Gasteiger charge is -2.48. The summed E-state index contributed by atoms with van der Waals surface area (Å²) in [6, 6.07) is 17.6. The summed E-state index contributed by atoms with van der Waals surface area (Å²) in [5.74, 6) is 2.50. The van der Waals surface area contributed by atoms with Crippen LogP contribution in [0.4, 0.5) is 0 Å². The quantitative estimate of drug-likeness (QED) is 0.536. The number of hydrogen-bond acceptors (Lipinski definition) is 4. The molecule has 5 rings (SSSR count). The Morgan fingerprint density at radius 3 is 1.61 bits per heavy atom. The van der Waals surface area contributed by atoms with Gasteiger partial charge in [-0.25, -0.2) is 0 Å². The summed E-state index contributed by atoms with van der Waals surface area (Å²) < 4.78 is 22.3. The first-order chi connectivity index (χ1) is 14.9. The molecule has 0 N–H and O–H groups in total. The molecule has 4 heteroatoms. The van der Waals surface area contributed by atoms with Crippen LogP contribution in [0.15, 0.2) is 48.5 Å². The molecule has 2 saturated heterocycles. The molecule has 0 aromatic heterocycles. The van der Waals surface area contributed by atoms with Gasteiger partial charge in [-0.2, -0.15) is 0 Å². The van der Waals surface area contributed by atoms with Crippen LogP contribution >= 0.6 is 0 Å². The second-order valence-corrected chi connectivity index (χ2v) is 10.5. The van der Waals surface area contributed by atoms with E-state index >= 15 is 0 Å². The molecule has 3 atom stereocenters. The number of hydrogen-bond donors (Lipinski definition) is 0. The largest absolute Gasteiger partial charge is 0.491 e. The average molecular weight is 423 g/mol. The van der Waals surface area contributed by atoms with Crippen molar-refractivity contribution < 1.29 is 18.9 Å². The summed E-state index contributed by atoms with van der Waals surface area (Å²) >= 11 is 0. The molecule has 0 radical (unpaired) electrons. The SMILES string of the molecule is CC1CC(C)(C)CC(c2ccc(OCC3CO3)cc2)(c2ccc(OCC3CO3)cc2)C1. The Balaban J connectivity index is 1.42. The van der Waals surface area contributed by atoms with E-state index in [1.165, 1.54) is 17.5 Å². The first-order valence-corrected chi connectivity index (χ1v) is 11.6. The molecule has 2 heterocycles. The van der Waals surface area contributed by atoms with E-state index in [4.69, 9.17) is 18.9 Å². The maximum absolute atomic E-state index is 5.89. The molecule has 0 bridgehead atoms. The fourth-order valence-electron chi connectivity index (χ4n) is 5.63. The molecular formula is C27H34O4. The van der Waals surface area contributed by atoms with Crippen LogP contribution in [0.5, 0.6) is 11.5 Å². The van der Waals surface area contributed by atoms with Crippen LogP contribution in [0.3, 0.4) is 0 Å². The molecule has 3 aliphatic rings. The summed E-state index contributed by atoms with van der Waals surface area (Å²) in [4.78, 5) is 0. The van der Waals surface area contributed by atoms with E-state index in [2.05, 4.69) is 69.3 Å². The highest BCUT2D eigenvalue weighted by Crippen LogP contribution is 2.53. The minimum Gasteiger partial charge on any atom is -0.491 e. The Morgan fingerprint density at radius 1 is 0.774 bits per heavy atom. The van der Waals surface area contributed by atoms with Crippen LogP contribution in [0.1, 0.15) is 51.2 Å². The molecule has 2 aromatic rings. The fraction of sp³-hybridized carbons (Fsp3) is 0.556. The van der Waals surface area contributed by atoms with Gasteiger partial charge >= 0.3 is 0 Å². The Hall–Kier alpha value is -2.04. The monoisotopic (exact) mass is 422 g/mol.